The quantitative estimate of drug-likeness (QED) is 0.444. The van der Waals surface area contributed by atoms with E-state index in [4.69, 9.17) is 4.74 Å². The number of nitrogens with zero attached hydrogens (tertiary/aromatic N) is 1. The SMILES string of the molecule is CCOC(=O)c1ccc[n+](C2=C(NS(=O)(=O)c3ccccc3)C(=O)c3ccccc3C2=O)c1. The first-order valence-electron chi connectivity index (χ1n) is 10.0. The van der Waals surface area contributed by atoms with E-state index in [0.29, 0.717) is 0 Å². The van der Waals surface area contributed by atoms with Crippen molar-refractivity contribution in [1.29, 1.82) is 0 Å². The van der Waals surface area contributed by atoms with Gasteiger partial charge in [-0.3, -0.25) is 14.3 Å². The average Bonchev–Trinajstić information content (AvgIpc) is 2.83. The van der Waals surface area contributed by atoms with Crippen LogP contribution in [0.25, 0.3) is 5.70 Å². The van der Waals surface area contributed by atoms with Crippen LogP contribution in [0, 0.1) is 0 Å². The van der Waals surface area contributed by atoms with Crippen LogP contribution in [-0.4, -0.2) is 32.6 Å². The standard InChI is InChI=1S/C24H18N2O6S/c1-2-32-24(29)16-9-8-14-26(15-16)21-20(25-33(30,31)17-10-4-3-5-11-17)22(27)18-12-6-7-13-19(18)23(21)28/h3-15H,2H2,1H3/p+1. The highest BCUT2D eigenvalue weighted by molar-refractivity contribution is 7.89. The highest BCUT2D eigenvalue weighted by atomic mass is 32.2. The smallest absolute Gasteiger partial charge is 0.344 e. The van der Waals surface area contributed by atoms with Crippen LogP contribution in [0.5, 0.6) is 0 Å². The number of hydrogen-bond donors (Lipinski definition) is 1. The molecule has 8 nitrogen and oxygen atoms in total. The first-order valence-corrected chi connectivity index (χ1v) is 11.5. The lowest BCUT2D eigenvalue weighted by atomic mass is 9.90. The topological polar surface area (TPSA) is 110 Å². The molecule has 166 valence electrons. The molecule has 2 aromatic carbocycles. The molecule has 0 amide bonds. The summed E-state index contributed by atoms with van der Waals surface area (Å²) >= 11 is 0. The number of sulfonamides is 1. The van der Waals surface area contributed by atoms with E-state index in [2.05, 4.69) is 4.72 Å². The zero-order valence-corrected chi connectivity index (χ0v) is 18.3. The predicted octanol–water partition coefficient (Wildman–Crippen LogP) is 2.38. The lowest BCUT2D eigenvalue weighted by molar-refractivity contribution is -0.577. The third-order valence-corrected chi connectivity index (χ3v) is 6.32. The Morgan fingerprint density at radius 2 is 1.55 bits per heavy atom. The molecule has 0 atom stereocenters. The molecule has 33 heavy (non-hydrogen) atoms. The molecule has 0 saturated heterocycles. The van der Waals surface area contributed by atoms with Crippen LogP contribution < -0.4 is 9.29 Å². The molecule has 1 heterocycles. The molecule has 1 aromatic heterocycles. The fourth-order valence-corrected chi connectivity index (χ4v) is 4.54. The number of pyridine rings is 1. The maximum absolute atomic E-state index is 13.4. The summed E-state index contributed by atoms with van der Waals surface area (Å²) in [5, 5.41) is 0. The molecular weight excluding hydrogens is 444 g/mol. The van der Waals surface area contributed by atoms with Crippen LogP contribution in [0.15, 0.2) is 89.7 Å². The molecule has 0 bridgehead atoms. The summed E-state index contributed by atoms with van der Waals surface area (Å²) in [6.07, 6.45) is 2.78. The molecule has 9 heteroatoms. The Labute approximate surface area is 190 Å². The van der Waals surface area contributed by atoms with Crippen LogP contribution >= 0.6 is 0 Å². The minimum absolute atomic E-state index is 0.0683. The zero-order valence-electron chi connectivity index (χ0n) is 17.5. The second-order valence-corrected chi connectivity index (χ2v) is 8.75. The number of fused-ring (bicyclic) bond motifs is 1. The van der Waals surface area contributed by atoms with E-state index >= 15 is 0 Å². The fraction of sp³-hybridized carbons (Fsp3) is 0.0833. The summed E-state index contributed by atoms with van der Waals surface area (Å²) in [6.45, 7) is 1.82. The number of carbonyl (C=O) groups is 3. The molecule has 1 N–H and O–H groups in total. The Morgan fingerprint density at radius 1 is 0.909 bits per heavy atom. The molecule has 0 fully saturated rings. The molecule has 0 unspecified atom stereocenters. The number of nitrogens with one attached hydrogen (secondary N) is 1. The number of aromatic nitrogens is 1. The Hall–Kier alpha value is -4.11. The molecule has 0 radical (unpaired) electrons. The van der Waals surface area contributed by atoms with Gasteiger partial charge < -0.3 is 4.74 Å². The summed E-state index contributed by atoms with van der Waals surface area (Å²) < 4.78 is 34.6. The van der Waals surface area contributed by atoms with E-state index < -0.39 is 33.3 Å². The van der Waals surface area contributed by atoms with Crippen molar-refractivity contribution >= 4 is 33.3 Å². The largest absolute Gasteiger partial charge is 0.462 e. The van der Waals surface area contributed by atoms with Crippen molar-refractivity contribution in [3.63, 3.8) is 0 Å². The number of Topliss-reactive ketones (excluding diaryl/α,β-unsaturated/α-hetero) is 2. The monoisotopic (exact) mass is 463 g/mol. The Morgan fingerprint density at radius 3 is 2.21 bits per heavy atom. The number of ether oxygens (including phenoxy) is 1. The normalized spacial score (nSPS) is 13.5. The highest BCUT2D eigenvalue weighted by Crippen LogP contribution is 2.26. The van der Waals surface area contributed by atoms with Crippen LogP contribution in [0.2, 0.25) is 0 Å². The molecular formula is C24H19N2O6S+. The second-order valence-electron chi connectivity index (χ2n) is 7.07. The van der Waals surface area contributed by atoms with Gasteiger partial charge in [-0.05, 0) is 25.1 Å². The van der Waals surface area contributed by atoms with Gasteiger partial charge >= 0.3 is 5.97 Å². The number of carbonyl (C=O) groups excluding carboxylic acids is 3. The highest BCUT2D eigenvalue weighted by Gasteiger charge is 2.40. The van der Waals surface area contributed by atoms with Gasteiger partial charge in [0.05, 0.1) is 11.5 Å². The van der Waals surface area contributed by atoms with E-state index in [-0.39, 0.29) is 33.9 Å². The van der Waals surface area contributed by atoms with Crippen molar-refractivity contribution < 1.29 is 32.1 Å². The van der Waals surface area contributed by atoms with Gasteiger partial charge in [-0.15, -0.1) is 0 Å². The number of esters is 1. The fourth-order valence-electron chi connectivity index (χ4n) is 3.45. The van der Waals surface area contributed by atoms with Crippen molar-refractivity contribution in [2.24, 2.45) is 0 Å². The predicted molar refractivity (Wildman–Crippen MR) is 118 cm³/mol. The molecule has 3 aromatic rings. The lowest BCUT2D eigenvalue weighted by Crippen LogP contribution is -2.45. The van der Waals surface area contributed by atoms with Gasteiger partial charge in [-0.1, -0.05) is 42.5 Å². The van der Waals surface area contributed by atoms with Gasteiger partial charge in [-0.2, -0.15) is 4.57 Å². The van der Waals surface area contributed by atoms with Gasteiger partial charge in [0.15, 0.2) is 18.1 Å². The van der Waals surface area contributed by atoms with Gasteiger partial charge in [-0.25, -0.2) is 13.2 Å². The maximum Gasteiger partial charge on any atom is 0.344 e. The summed E-state index contributed by atoms with van der Waals surface area (Å²) in [4.78, 5) is 38.9. The molecule has 0 saturated carbocycles. The minimum Gasteiger partial charge on any atom is -0.462 e. The van der Waals surface area contributed by atoms with E-state index in [1.54, 1.807) is 37.3 Å². The van der Waals surface area contributed by atoms with Gasteiger partial charge in [0.2, 0.25) is 5.78 Å². The number of ketones is 2. The van der Waals surface area contributed by atoms with E-state index in [0.717, 1.165) is 0 Å². The minimum atomic E-state index is -4.18. The first kappa shape index (κ1) is 22.1. The Balaban J connectivity index is 1.91. The van der Waals surface area contributed by atoms with Crippen LogP contribution in [-0.2, 0) is 14.8 Å². The van der Waals surface area contributed by atoms with Gasteiger partial charge in [0, 0.05) is 17.2 Å². The van der Waals surface area contributed by atoms with E-state index in [1.807, 2.05) is 0 Å². The molecule has 1 aliphatic rings. The van der Waals surface area contributed by atoms with Gasteiger partial charge in [0.1, 0.15) is 5.56 Å². The van der Waals surface area contributed by atoms with Crippen molar-refractivity contribution in [2.75, 3.05) is 6.61 Å². The Bertz CT molecular complexity index is 1410. The Kier molecular flexibility index (Phi) is 5.89. The number of allylic oxidation sites excluding steroid dienone is 2. The van der Waals surface area contributed by atoms with Crippen molar-refractivity contribution in [3.05, 3.63) is 102 Å². The number of rotatable bonds is 6. The zero-order chi connectivity index (χ0) is 23.6. The van der Waals surface area contributed by atoms with E-state index in [1.165, 1.54) is 53.4 Å². The van der Waals surface area contributed by atoms with Crippen molar-refractivity contribution in [1.82, 2.24) is 4.72 Å². The third kappa shape index (κ3) is 4.18. The van der Waals surface area contributed by atoms with Gasteiger partial charge in [0.25, 0.3) is 21.5 Å². The number of hydrogen-bond acceptors (Lipinski definition) is 6. The second kappa shape index (κ2) is 8.79. The maximum atomic E-state index is 13.4. The number of benzene rings is 2. The van der Waals surface area contributed by atoms with E-state index in [9.17, 15) is 22.8 Å². The van der Waals surface area contributed by atoms with Crippen LogP contribution in [0.4, 0.5) is 0 Å². The molecule has 1 aliphatic carbocycles. The molecule has 4 rings (SSSR count). The average molecular weight is 463 g/mol. The summed E-state index contributed by atoms with van der Waals surface area (Å²) in [6, 6.07) is 16.7. The lowest BCUT2D eigenvalue weighted by Gasteiger charge is -2.18. The van der Waals surface area contributed by atoms with Crippen LogP contribution in [0.1, 0.15) is 38.0 Å². The first-order chi connectivity index (χ1) is 15.8. The van der Waals surface area contributed by atoms with Crippen molar-refractivity contribution in [2.45, 2.75) is 11.8 Å². The third-order valence-electron chi connectivity index (χ3n) is 4.96. The molecule has 0 spiro atoms. The van der Waals surface area contributed by atoms with Crippen LogP contribution in [0.3, 0.4) is 0 Å². The summed E-state index contributed by atoms with van der Waals surface area (Å²) in [5.41, 5.74) is -0.275. The van der Waals surface area contributed by atoms with Crippen molar-refractivity contribution in [3.8, 4) is 0 Å². The molecule has 0 aliphatic heterocycles. The summed E-state index contributed by atoms with van der Waals surface area (Å²) in [5.74, 6) is -1.84. The summed E-state index contributed by atoms with van der Waals surface area (Å²) in [7, 11) is -4.18.